The van der Waals surface area contributed by atoms with Gasteiger partial charge in [0, 0.05) is 29.9 Å². The number of rotatable bonds is 4. The molecule has 0 unspecified atom stereocenters. The zero-order valence-corrected chi connectivity index (χ0v) is 11.5. The minimum Gasteiger partial charge on any atom is -0.382 e. The van der Waals surface area contributed by atoms with Crippen LogP contribution in [0, 0.1) is 0 Å². The van der Waals surface area contributed by atoms with E-state index in [4.69, 9.17) is 5.73 Å². The van der Waals surface area contributed by atoms with E-state index in [0.717, 1.165) is 31.4 Å². The van der Waals surface area contributed by atoms with E-state index in [1.54, 1.807) is 0 Å². The number of carbonyl (C=O) groups excluding carboxylic acids is 1. The van der Waals surface area contributed by atoms with Crippen molar-refractivity contribution in [1.29, 1.82) is 0 Å². The average molecular weight is 261 g/mol. The molecule has 4 N–H and O–H groups in total. The quantitative estimate of drug-likeness (QED) is 0.777. The molecule has 19 heavy (non-hydrogen) atoms. The number of nitrogens with one attached hydrogen (secondary N) is 2. The van der Waals surface area contributed by atoms with Crippen LogP contribution in [-0.4, -0.2) is 24.5 Å². The first-order chi connectivity index (χ1) is 9.19. The highest BCUT2D eigenvalue weighted by atomic mass is 16.1. The minimum atomic E-state index is -0.0160. The van der Waals surface area contributed by atoms with Crippen LogP contribution in [0.2, 0.25) is 0 Å². The topological polar surface area (TPSA) is 67.2 Å². The van der Waals surface area contributed by atoms with Crippen LogP contribution in [0.15, 0.2) is 24.3 Å². The number of anilines is 1. The highest BCUT2D eigenvalue weighted by molar-refractivity contribution is 5.94. The minimum absolute atomic E-state index is 0.0160. The Morgan fingerprint density at radius 1 is 1.21 bits per heavy atom. The molecule has 104 valence electrons. The van der Waals surface area contributed by atoms with Crippen molar-refractivity contribution in [3.8, 4) is 0 Å². The van der Waals surface area contributed by atoms with Gasteiger partial charge in [-0.2, -0.15) is 0 Å². The van der Waals surface area contributed by atoms with Gasteiger partial charge in [0.05, 0.1) is 0 Å². The Hall–Kier alpha value is -1.55. The normalized spacial score (nSPS) is 22.8. The first-order valence-corrected chi connectivity index (χ1v) is 7.09. The summed E-state index contributed by atoms with van der Waals surface area (Å²) in [4.78, 5) is 11.6. The van der Waals surface area contributed by atoms with Crippen LogP contribution in [-0.2, 0) is 0 Å². The maximum atomic E-state index is 11.6. The third kappa shape index (κ3) is 3.96. The van der Waals surface area contributed by atoms with Crippen molar-refractivity contribution in [1.82, 2.24) is 5.32 Å². The molecule has 0 heterocycles. The van der Waals surface area contributed by atoms with E-state index in [-0.39, 0.29) is 5.91 Å². The number of nitrogens with two attached hydrogens (primary N) is 1. The second-order valence-corrected chi connectivity index (χ2v) is 5.19. The molecule has 4 nitrogen and oxygen atoms in total. The predicted molar refractivity (Wildman–Crippen MR) is 78.3 cm³/mol. The maximum Gasteiger partial charge on any atom is 0.251 e. The molecule has 2 rings (SSSR count). The van der Waals surface area contributed by atoms with Crippen LogP contribution < -0.4 is 16.4 Å². The van der Waals surface area contributed by atoms with E-state index in [2.05, 4.69) is 10.6 Å². The lowest BCUT2D eigenvalue weighted by atomic mass is 9.91. The first kappa shape index (κ1) is 13.9. The highest BCUT2D eigenvalue weighted by Crippen LogP contribution is 2.21. The monoisotopic (exact) mass is 261 g/mol. The summed E-state index contributed by atoms with van der Waals surface area (Å²) in [6, 6.07) is 8.55. The summed E-state index contributed by atoms with van der Waals surface area (Å²) < 4.78 is 0. The summed E-state index contributed by atoms with van der Waals surface area (Å²) in [5, 5.41) is 6.31. The van der Waals surface area contributed by atoms with Crippen LogP contribution in [0.25, 0.3) is 0 Å². The first-order valence-electron chi connectivity index (χ1n) is 7.09. The number of benzene rings is 1. The third-order valence-electron chi connectivity index (χ3n) is 3.63. The van der Waals surface area contributed by atoms with E-state index in [1.165, 1.54) is 0 Å². The Labute approximate surface area is 114 Å². The molecule has 0 aliphatic heterocycles. The largest absolute Gasteiger partial charge is 0.382 e. The van der Waals surface area contributed by atoms with Gasteiger partial charge < -0.3 is 16.4 Å². The van der Waals surface area contributed by atoms with Crippen LogP contribution in [0.1, 0.15) is 43.0 Å². The Balaban J connectivity index is 1.90. The molecular formula is C15H23N3O. The molecule has 1 aromatic carbocycles. The molecule has 0 bridgehead atoms. The van der Waals surface area contributed by atoms with Crippen molar-refractivity contribution in [3.05, 3.63) is 29.8 Å². The average Bonchev–Trinajstić information content (AvgIpc) is 2.42. The van der Waals surface area contributed by atoms with Crippen molar-refractivity contribution in [3.63, 3.8) is 0 Å². The van der Waals surface area contributed by atoms with E-state index < -0.39 is 0 Å². The smallest absolute Gasteiger partial charge is 0.251 e. The summed E-state index contributed by atoms with van der Waals surface area (Å²) in [6.07, 6.45) is 4.43. The van der Waals surface area contributed by atoms with Gasteiger partial charge in [0.1, 0.15) is 0 Å². The molecule has 1 aromatic rings. The fourth-order valence-electron chi connectivity index (χ4n) is 2.48. The number of carbonyl (C=O) groups is 1. The van der Waals surface area contributed by atoms with Crippen LogP contribution in [0.5, 0.6) is 0 Å². The number of hydrogen-bond acceptors (Lipinski definition) is 3. The molecule has 1 fully saturated rings. The number of amides is 1. The summed E-state index contributed by atoms with van der Waals surface area (Å²) in [5.41, 5.74) is 7.68. The fraction of sp³-hybridized carbons (Fsp3) is 0.533. The second kappa shape index (κ2) is 6.57. The zero-order valence-electron chi connectivity index (χ0n) is 11.5. The fourth-order valence-corrected chi connectivity index (χ4v) is 2.48. The lowest BCUT2D eigenvalue weighted by molar-refractivity contribution is 0.0956. The molecule has 0 saturated heterocycles. The van der Waals surface area contributed by atoms with Crippen molar-refractivity contribution in [2.45, 2.75) is 44.7 Å². The molecule has 1 aliphatic rings. The molecular weight excluding hydrogens is 238 g/mol. The Bertz CT molecular complexity index is 408. The molecule has 0 aromatic heterocycles. The van der Waals surface area contributed by atoms with Crippen LogP contribution >= 0.6 is 0 Å². The second-order valence-electron chi connectivity index (χ2n) is 5.19. The van der Waals surface area contributed by atoms with E-state index >= 15 is 0 Å². The Kier molecular flexibility index (Phi) is 4.80. The standard InChI is InChI=1S/C15H23N3O/c1-2-17-15(19)11-3-7-13(8-4-11)18-14-9-5-12(16)6-10-14/h3-4,7-8,12,14,18H,2,5-6,9-10,16H2,1H3,(H,17,19). The van der Waals surface area contributed by atoms with Gasteiger partial charge in [0.15, 0.2) is 0 Å². The van der Waals surface area contributed by atoms with E-state index in [1.807, 2.05) is 31.2 Å². The summed E-state index contributed by atoms with van der Waals surface area (Å²) in [6.45, 7) is 2.57. The lowest BCUT2D eigenvalue weighted by Crippen LogP contribution is -2.32. The predicted octanol–water partition coefficient (Wildman–Crippen LogP) is 2.12. The SMILES string of the molecule is CCNC(=O)c1ccc(NC2CCC(N)CC2)cc1. The molecule has 1 amide bonds. The van der Waals surface area contributed by atoms with Gasteiger partial charge in [-0.05, 0) is 56.9 Å². The van der Waals surface area contributed by atoms with E-state index in [0.29, 0.717) is 24.2 Å². The van der Waals surface area contributed by atoms with Crippen molar-refractivity contribution >= 4 is 11.6 Å². The van der Waals surface area contributed by atoms with Gasteiger partial charge in [-0.3, -0.25) is 4.79 Å². The molecule has 1 aliphatic carbocycles. The van der Waals surface area contributed by atoms with Crippen LogP contribution in [0.4, 0.5) is 5.69 Å². The third-order valence-corrected chi connectivity index (χ3v) is 3.63. The molecule has 0 atom stereocenters. The number of hydrogen-bond donors (Lipinski definition) is 3. The molecule has 0 spiro atoms. The summed E-state index contributed by atoms with van der Waals surface area (Å²) in [7, 11) is 0. The van der Waals surface area contributed by atoms with Gasteiger partial charge in [0.25, 0.3) is 5.91 Å². The zero-order chi connectivity index (χ0) is 13.7. The van der Waals surface area contributed by atoms with Gasteiger partial charge in [-0.15, -0.1) is 0 Å². The maximum absolute atomic E-state index is 11.6. The lowest BCUT2D eigenvalue weighted by Gasteiger charge is -2.27. The van der Waals surface area contributed by atoms with Gasteiger partial charge in [-0.25, -0.2) is 0 Å². The highest BCUT2D eigenvalue weighted by Gasteiger charge is 2.18. The summed E-state index contributed by atoms with van der Waals surface area (Å²) in [5.74, 6) is -0.0160. The van der Waals surface area contributed by atoms with Crippen molar-refractivity contribution < 1.29 is 4.79 Å². The van der Waals surface area contributed by atoms with Gasteiger partial charge >= 0.3 is 0 Å². The van der Waals surface area contributed by atoms with Crippen molar-refractivity contribution in [2.75, 3.05) is 11.9 Å². The Morgan fingerprint density at radius 3 is 2.42 bits per heavy atom. The molecule has 0 radical (unpaired) electrons. The van der Waals surface area contributed by atoms with Crippen molar-refractivity contribution in [2.24, 2.45) is 5.73 Å². The molecule has 4 heteroatoms. The van der Waals surface area contributed by atoms with Crippen LogP contribution in [0.3, 0.4) is 0 Å². The molecule has 1 saturated carbocycles. The summed E-state index contributed by atoms with van der Waals surface area (Å²) >= 11 is 0. The van der Waals surface area contributed by atoms with E-state index in [9.17, 15) is 4.79 Å². The van der Waals surface area contributed by atoms with Gasteiger partial charge in [0.2, 0.25) is 0 Å². The van der Waals surface area contributed by atoms with Gasteiger partial charge in [-0.1, -0.05) is 0 Å². The Morgan fingerprint density at radius 2 is 1.84 bits per heavy atom.